The second-order valence-electron chi connectivity index (χ2n) is 3.86. The minimum absolute atomic E-state index is 0.223. The summed E-state index contributed by atoms with van der Waals surface area (Å²) in [5.41, 5.74) is 4.13. The molecular weight excluding hydrogens is 218 g/mol. The van der Waals surface area contributed by atoms with E-state index < -0.39 is 6.04 Å². The summed E-state index contributed by atoms with van der Waals surface area (Å²) in [7, 11) is 0. The average Bonchev–Trinajstić information content (AvgIpc) is 2.32. The van der Waals surface area contributed by atoms with Crippen molar-refractivity contribution in [3.63, 3.8) is 0 Å². The van der Waals surface area contributed by atoms with Gasteiger partial charge in [-0.15, -0.1) is 0 Å². The summed E-state index contributed by atoms with van der Waals surface area (Å²) in [6, 6.07) is 9.02. The van der Waals surface area contributed by atoms with Crippen molar-refractivity contribution in [2.75, 3.05) is 0 Å². The normalized spacial score (nSPS) is 19.2. The monoisotopic (exact) mass is 231 g/mol. The highest BCUT2D eigenvalue weighted by molar-refractivity contribution is 6.06. The van der Waals surface area contributed by atoms with Crippen molar-refractivity contribution < 1.29 is 9.59 Å². The van der Waals surface area contributed by atoms with E-state index in [1.54, 1.807) is 0 Å². The lowest BCUT2D eigenvalue weighted by Crippen LogP contribution is -2.49. The van der Waals surface area contributed by atoms with Gasteiger partial charge in [0.15, 0.2) is 0 Å². The van der Waals surface area contributed by atoms with Gasteiger partial charge in [0.2, 0.25) is 5.91 Å². The highest BCUT2D eigenvalue weighted by atomic mass is 16.2. The van der Waals surface area contributed by atoms with Crippen molar-refractivity contribution >= 4 is 17.5 Å². The van der Waals surface area contributed by atoms with Crippen LogP contribution in [0.4, 0.5) is 0 Å². The van der Waals surface area contributed by atoms with E-state index in [9.17, 15) is 9.59 Å². The van der Waals surface area contributed by atoms with Gasteiger partial charge in [0, 0.05) is 13.3 Å². The quantitative estimate of drug-likeness (QED) is 0.774. The number of amides is 2. The molecule has 0 fully saturated rings. The van der Waals surface area contributed by atoms with Crippen molar-refractivity contribution in [2.45, 2.75) is 19.4 Å². The fourth-order valence-corrected chi connectivity index (χ4v) is 1.71. The second kappa shape index (κ2) is 4.78. The van der Waals surface area contributed by atoms with Crippen LogP contribution in [-0.2, 0) is 9.59 Å². The van der Waals surface area contributed by atoms with E-state index in [2.05, 4.69) is 15.8 Å². The minimum Gasteiger partial charge on any atom is -0.344 e. The van der Waals surface area contributed by atoms with Crippen LogP contribution in [0.1, 0.15) is 18.9 Å². The summed E-state index contributed by atoms with van der Waals surface area (Å²) in [6.07, 6.45) is 0.412. The van der Waals surface area contributed by atoms with Gasteiger partial charge in [-0.3, -0.25) is 9.59 Å². The predicted octanol–water partition coefficient (Wildman–Crippen LogP) is 0.415. The van der Waals surface area contributed by atoms with Crippen LogP contribution in [0.15, 0.2) is 35.4 Å². The zero-order valence-corrected chi connectivity index (χ0v) is 9.43. The van der Waals surface area contributed by atoms with Crippen molar-refractivity contribution in [3.05, 3.63) is 35.9 Å². The number of carbonyl (C=O) groups excluding carboxylic acids is 2. The van der Waals surface area contributed by atoms with Crippen LogP contribution in [0, 0.1) is 0 Å². The molecule has 17 heavy (non-hydrogen) atoms. The van der Waals surface area contributed by atoms with Gasteiger partial charge in [0.25, 0.3) is 5.91 Å². The Morgan fingerprint density at radius 1 is 1.41 bits per heavy atom. The van der Waals surface area contributed by atoms with Gasteiger partial charge in [0.1, 0.15) is 6.04 Å². The molecule has 0 bridgehead atoms. The third kappa shape index (κ3) is 2.69. The molecule has 1 aliphatic heterocycles. The molecule has 0 saturated heterocycles. The summed E-state index contributed by atoms with van der Waals surface area (Å²) < 4.78 is 0. The van der Waals surface area contributed by atoms with Crippen LogP contribution in [0.5, 0.6) is 0 Å². The Morgan fingerprint density at radius 2 is 2.12 bits per heavy atom. The second-order valence-corrected chi connectivity index (χ2v) is 3.86. The number of hydrogen-bond donors (Lipinski definition) is 2. The van der Waals surface area contributed by atoms with Crippen LogP contribution >= 0.6 is 0 Å². The van der Waals surface area contributed by atoms with Crippen LogP contribution < -0.4 is 10.7 Å². The zero-order valence-electron chi connectivity index (χ0n) is 9.43. The van der Waals surface area contributed by atoms with Gasteiger partial charge in [-0.05, 0) is 5.56 Å². The van der Waals surface area contributed by atoms with E-state index in [1.807, 2.05) is 30.3 Å². The molecule has 0 aliphatic carbocycles. The maximum atomic E-state index is 11.5. The van der Waals surface area contributed by atoms with Crippen molar-refractivity contribution in [1.29, 1.82) is 0 Å². The number of benzene rings is 1. The lowest BCUT2D eigenvalue weighted by Gasteiger charge is -2.21. The zero-order chi connectivity index (χ0) is 12.3. The van der Waals surface area contributed by atoms with E-state index in [0.29, 0.717) is 6.42 Å². The van der Waals surface area contributed by atoms with E-state index in [0.717, 1.165) is 11.3 Å². The van der Waals surface area contributed by atoms with E-state index >= 15 is 0 Å². The van der Waals surface area contributed by atoms with E-state index in [-0.39, 0.29) is 11.8 Å². The Balaban J connectivity index is 2.16. The molecule has 0 radical (unpaired) electrons. The molecule has 0 aromatic heterocycles. The Morgan fingerprint density at radius 3 is 2.76 bits per heavy atom. The molecule has 5 nitrogen and oxygen atoms in total. The molecule has 1 aromatic rings. The molecule has 0 spiro atoms. The fourth-order valence-electron chi connectivity index (χ4n) is 1.71. The number of hydrogen-bond acceptors (Lipinski definition) is 3. The van der Waals surface area contributed by atoms with Crippen molar-refractivity contribution in [1.82, 2.24) is 10.7 Å². The number of nitrogens with zero attached hydrogens (tertiary/aromatic N) is 1. The van der Waals surface area contributed by atoms with E-state index in [4.69, 9.17) is 0 Å². The maximum absolute atomic E-state index is 11.5. The first kappa shape index (κ1) is 11.3. The van der Waals surface area contributed by atoms with Crippen LogP contribution in [0.3, 0.4) is 0 Å². The largest absolute Gasteiger partial charge is 0.344 e. The van der Waals surface area contributed by atoms with Gasteiger partial charge in [-0.2, -0.15) is 5.10 Å². The molecule has 0 saturated carbocycles. The third-order valence-corrected chi connectivity index (χ3v) is 2.50. The Hall–Kier alpha value is -2.17. The summed E-state index contributed by atoms with van der Waals surface area (Å²) in [5, 5.41) is 6.60. The topological polar surface area (TPSA) is 70.6 Å². The van der Waals surface area contributed by atoms with Gasteiger partial charge < -0.3 is 5.32 Å². The molecule has 1 heterocycles. The number of carbonyl (C=O) groups is 2. The first-order chi connectivity index (χ1) is 8.16. The highest BCUT2D eigenvalue weighted by Gasteiger charge is 2.25. The average molecular weight is 231 g/mol. The maximum Gasteiger partial charge on any atom is 0.263 e. The highest BCUT2D eigenvalue weighted by Crippen LogP contribution is 2.10. The molecule has 1 aromatic carbocycles. The van der Waals surface area contributed by atoms with Crippen LogP contribution in [0.25, 0.3) is 0 Å². The third-order valence-electron chi connectivity index (χ3n) is 2.50. The predicted molar refractivity (Wildman–Crippen MR) is 63.3 cm³/mol. The summed E-state index contributed by atoms with van der Waals surface area (Å²) in [6.45, 7) is 1.39. The molecule has 1 aliphatic rings. The molecule has 2 amide bonds. The molecular formula is C12H13N3O2. The lowest BCUT2D eigenvalue weighted by atomic mass is 10.0. The summed E-state index contributed by atoms with van der Waals surface area (Å²) in [4.78, 5) is 22.4. The van der Waals surface area contributed by atoms with Gasteiger partial charge in [-0.25, -0.2) is 5.43 Å². The minimum atomic E-state index is -0.541. The molecule has 2 N–H and O–H groups in total. The number of hydrazone groups is 1. The lowest BCUT2D eigenvalue weighted by molar-refractivity contribution is -0.128. The van der Waals surface area contributed by atoms with E-state index in [1.165, 1.54) is 6.92 Å². The standard InChI is InChI=1S/C12H13N3O2/c1-8(16)13-11-7-10(14-15-12(11)17)9-5-3-2-4-6-9/h2-6,11H,7H2,1H3,(H,13,16)(H,15,17)/t11-/m1/s1. The summed E-state index contributed by atoms with van der Waals surface area (Å²) >= 11 is 0. The Bertz CT molecular complexity index is 468. The Kier molecular flexibility index (Phi) is 3.18. The van der Waals surface area contributed by atoms with Gasteiger partial charge in [0.05, 0.1) is 5.71 Å². The molecule has 5 heteroatoms. The Labute approximate surface area is 98.9 Å². The molecule has 88 valence electrons. The van der Waals surface area contributed by atoms with Crippen molar-refractivity contribution in [2.24, 2.45) is 5.10 Å². The smallest absolute Gasteiger partial charge is 0.263 e. The summed E-state index contributed by atoms with van der Waals surface area (Å²) in [5.74, 6) is -0.501. The van der Waals surface area contributed by atoms with Crippen LogP contribution in [0.2, 0.25) is 0 Å². The molecule has 1 atom stereocenters. The number of rotatable bonds is 2. The number of nitrogens with one attached hydrogen (secondary N) is 2. The van der Waals surface area contributed by atoms with Crippen molar-refractivity contribution in [3.8, 4) is 0 Å². The SMILES string of the molecule is CC(=O)N[C@@H]1CC(c2ccccc2)=NNC1=O. The first-order valence-electron chi connectivity index (χ1n) is 5.36. The molecule has 2 rings (SSSR count). The van der Waals surface area contributed by atoms with Gasteiger partial charge >= 0.3 is 0 Å². The first-order valence-corrected chi connectivity index (χ1v) is 5.36. The molecule has 0 unspecified atom stereocenters. The van der Waals surface area contributed by atoms with Gasteiger partial charge in [-0.1, -0.05) is 30.3 Å². The van der Waals surface area contributed by atoms with Crippen LogP contribution in [-0.4, -0.2) is 23.6 Å². The fraction of sp³-hybridized carbons (Fsp3) is 0.250.